The molecule has 1 rings (SSSR count). The fourth-order valence-electron chi connectivity index (χ4n) is 2.31. The van der Waals surface area contributed by atoms with E-state index in [1.807, 2.05) is 13.8 Å². The zero-order chi connectivity index (χ0) is 17.2. The Labute approximate surface area is 137 Å². The standard InChI is InChI=1S/C15H29N5O3/c1-4-12(2)17-14(22)11-20-9-7-19(8-10-20)6-5-13(21)18-15(23)16-3/h12H,4-11H2,1-3H3,(H,17,22)(H2,16,18,21,23)/t12-/m0/s1. The average Bonchev–Trinajstić information content (AvgIpc) is 2.53. The summed E-state index contributed by atoms with van der Waals surface area (Å²) in [6, 6.07) is -0.269. The number of carbonyl (C=O) groups is 3. The molecule has 0 aliphatic carbocycles. The fourth-order valence-corrected chi connectivity index (χ4v) is 2.31. The van der Waals surface area contributed by atoms with Gasteiger partial charge in [-0.2, -0.15) is 0 Å². The maximum absolute atomic E-state index is 11.9. The van der Waals surface area contributed by atoms with Gasteiger partial charge >= 0.3 is 6.03 Å². The zero-order valence-corrected chi connectivity index (χ0v) is 14.4. The van der Waals surface area contributed by atoms with Gasteiger partial charge in [0, 0.05) is 52.2 Å². The normalized spacial score (nSPS) is 17.3. The SMILES string of the molecule is CC[C@H](C)NC(=O)CN1CCN(CCC(=O)NC(=O)NC)CC1. The predicted octanol–water partition coefficient (Wildman–Crippen LogP) is -0.636. The molecule has 8 heteroatoms. The highest BCUT2D eigenvalue weighted by atomic mass is 16.2. The summed E-state index contributed by atoms with van der Waals surface area (Å²) < 4.78 is 0. The van der Waals surface area contributed by atoms with E-state index in [4.69, 9.17) is 0 Å². The Kier molecular flexibility index (Phi) is 8.57. The van der Waals surface area contributed by atoms with Crippen molar-refractivity contribution in [3.63, 3.8) is 0 Å². The minimum absolute atomic E-state index is 0.0674. The molecule has 0 unspecified atom stereocenters. The summed E-state index contributed by atoms with van der Waals surface area (Å²) >= 11 is 0. The van der Waals surface area contributed by atoms with Gasteiger partial charge in [-0.1, -0.05) is 6.92 Å². The lowest BCUT2D eigenvalue weighted by Crippen LogP contribution is -2.50. The number of rotatable bonds is 7. The van der Waals surface area contributed by atoms with Crippen molar-refractivity contribution >= 4 is 17.8 Å². The van der Waals surface area contributed by atoms with Crippen LogP contribution in [-0.4, -0.2) is 80.0 Å². The third-order valence-electron chi connectivity index (χ3n) is 3.99. The first-order chi connectivity index (χ1) is 10.9. The van der Waals surface area contributed by atoms with Gasteiger partial charge in [0.15, 0.2) is 0 Å². The Hall–Kier alpha value is -1.67. The van der Waals surface area contributed by atoms with E-state index in [0.717, 1.165) is 32.6 Å². The third-order valence-corrected chi connectivity index (χ3v) is 3.99. The van der Waals surface area contributed by atoms with Gasteiger partial charge in [0.25, 0.3) is 0 Å². The van der Waals surface area contributed by atoms with Crippen LogP contribution in [0.5, 0.6) is 0 Å². The summed E-state index contributed by atoms with van der Waals surface area (Å²) in [5, 5.41) is 7.56. The molecule has 8 nitrogen and oxygen atoms in total. The van der Waals surface area contributed by atoms with Gasteiger partial charge in [0.1, 0.15) is 0 Å². The first-order valence-electron chi connectivity index (χ1n) is 8.20. The number of imide groups is 1. The molecule has 0 aromatic heterocycles. The highest BCUT2D eigenvalue weighted by Gasteiger charge is 2.20. The lowest BCUT2D eigenvalue weighted by molar-refractivity contribution is -0.123. The number of nitrogens with zero attached hydrogens (tertiary/aromatic N) is 2. The molecule has 1 atom stereocenters. The van der Waals surface area contributed by atoms with Gasteiger partial charge in [0.2, 0.25) is 11.8 Å². The molecule has 0 aromatic rings. The highest BCUT2D eigenvalue weighted by molar-refractivity contribution is 5.94. The summed E-state index contributed by atoms with van der Waals surface area (Å²) in [6.07, 6.45) is 1.22. The van der Waals surface area contributed by atoms with E-state index in [-0.39, 0.29) is 17.9 Å². The second kappa shape index (κ2) is 10.2. The van der Waals surface area contributed by atoms with E-state index in [1.54, 1.807) is 0 Å². The van der Waals surface area contributed by atoms with Crippen molar-refractivity contribution in [1.29, 1.82) is 0 Å². The van der Waals surface area contributed by atoms with E-state index in [9.17, 15) is 14.4 Å². The van der Waals surface area contributed by atoms with Gasteiger partial charge in [-0.25, -0.2) is 4.79 Å². The molecular formula is C15H29N5O3. The minimum atomic E-state index is -0.480. The van der Waals surface area contributed by atoms with Crippen LogP contribution >= 0.6 is 0 Å². The number of urea groups is 1. The molecule has 0 radical (unpaired) electrons. The molecule has 0 saturated carbocycles. The van der Waals surface area contributed by atoms with Crippen LogP contribution in [0.1, 0.15) is 26.7 Å². The summed E-state index contributed by atoms with van der Waals surface area (Å²) in [5.74, 6) is -0.211. The second-order valence-electron chi connectivity index (χ2n) is 5.87. The van der Waals surface area contributed by atoms with Crippen molar-refractivity contribution in [2.24, 2.45) is 0 Å². The summed E-state index contributed by atoms with van der Waals surface area (Å²) in [5.41, 5.74) is 0. The molecule has 4 amide bonds. The molecule has 1 fully saturated rings. The number of hydrogen-bond acceptors (Lipinski definition) is 5. The Morgan fingerprint density at radius 3 is 2.22 bits per heavy atom. The van der Waals surface area contributed by atoms with Crippen LogP contribution in [0, 0.1) is 0 Å². The van der Waals surface area contributed by atoms with E-state index >= 15 is 0 Å². The Balaban J connectivity index is 2.19. The molecular weight excluding hydrogens is 298 g/mol. The lowest BCUT2D eigenvalue weighted by Gasteiger charge is -2.34. The predicted molar refractivity (Wildman–Crippen MR) is 88.0 cm³/mol. The van der Waals surface area contributed by atoms with Crippen molar-refractivity contribution < 1.29 is 14.4 Å². The van der Waals surface area contributed by atoms with E-state index < -0.39 is 6.03 Å². The Morgan fingerprint density at radius 2 is 1.65 bits per heavy atom. The molecule has 1 aliphatic rings. The first kappa shape index (κ1) is 19.4. The quantitative estimate of drug-likeness (QED) is 0.579. The summed E-state index contributed by atoms with van der Waals surface area (Å²) in [4.78, 5) is 38.7. The van der Waals surface area contributed by atoms with Crippen LogP contribution in [0.25, 0.3) is 0 Å². The Morgan fingerprint density at radius 1 is 1.04 bits per heavy atom. The number of hydrogen-bond donors (Lipinski definition) is 3. The van der Waals surface area contributed by atoms with Crippen LogP contribution in [0.15, 0.2) is 0 Å². The minimum Gasteiger partial charge on any atom is -0.353 e. The van der Waals surface area contributed by atoms with Gasteiger partial charge < -0.3 is 15.5 Å². The molecule has 3 N–H and O–H groups in total. The van der Waals surface area contributed by atoms with Crippen LogP contribution in [0.4, 0.5) is 4.79 Å². The van der Waals surface area contributed by atoms with Crippen LogP contribution < -0.4 is 16.0 Å². The topological polar surface area (TPSA) is 93.8 Å². The third kappa shape index (κ3) is 7.94. The molecule has 1 aliphatic heterocycles. The number of nitrogens with one attached hydrogen (secondary N) is 3. The monoisotopic (exact) mass is 327 g/mol. The van der Waals surface area contributed by atoms with Crippen molar-refractivity contribution in [1.82, 2.24) is 25.8 Å². The van der Waals surface area contributed by atoms with E-state index in [2.05, 4.69) is 25.8 Å². The number of amides is 4. The zero-order valence-electron chi connectivity index (χ0n) is 14.4. The van der Waals surface area contributed by atoms with E-state index in [0.29, 0.717) is 19.5 Å². The fraction of sp³-hybridized carbons (Fsp3) is 0.800. The molecule has 132 valence electrons. The largest absolute Gasteiger partial charge is 0.353 e. The molecule has 1 saturated heterocycles. The molecule has 1 heterocycles. The highest BCUT2D eigenvalue weighted by Crippen LogP contribution is 2.02. The van der Waals surface area contributed by atoms with Crippen LogP contribution in [-0.2, 0) is 9.59 Å². The van der Waals surface area contributed by atoms with Crippen molar-refractivity contribution in [2.75, 3.05) is 46.3 Å². The number of piperazine rings is 1. The van der Waals surface area contributed by atoms with Crippen molar-refractivity contribution in [3.8, 4) is 0 Å². The molecule has 0 aromatic carbocycles. The smallest absolute Gasteiger partial charge is 0.321 e. The van der Waals surface area contributed by atoms with Gasteiger partial charge in [-0.3, -0.25) is 19.8 Å². The van der Waals surface area contributed by atoms with Crippen molar-refractivity contribution in [3.05, 3.63) is 0 Å². The van der Waals surface area contributed by atoms with Gasteiger partial charge in [0.05, 0.1) is 6.54 Å². The molecule has 23 heavy (non-hydrogen) atoms. The maximum atomic E-state index is 11.9. The summed E-state index contributed by atoms with van der Waals surface area (Å²) in [7, 11) is 1.47. The van der Waals surface area contributed by atoms with Gasteiger partial charge in [-0.05, 0) is 13.3 Å². The van der Waals surface area contributed by atoms with Gasteiger partial charge in [-0.15, -0.1) is 0 Å². The summed E-state index contributed by atoms with van der Waals surface area (Å²) in [6.45, 7) is 8.36. The average molecular weight is 327 g/mol. The van der Waals surface area contributed by atoms with Crippen LogP contribution in [0.3, 0.4) is 0 Å². The number of carbonyl (C=O) groups excluding carboxylic acids is 3. The maximum Gasteiger partial charge on any atom is 0.321 e. The molecule has 0 spiro atoms. The van der Waals surface area contributed by atoms with Crippen LogP contribution in [0.2, 0.25) is 0 Å². The van der Waals surface area contributed by atoms with Crippen molar-refractivity contribution in [2.45, 2.75) is 32.7 Å². The molecule has 0 bridgehead atoms. The Bertz CT molecular complexity index is 408. The lowest BCUT2D eigenvalue weighted by atomic mass is 10.2. The first-order valence-corrected chi connectivity index (χ1v) is 8.20. The van der Waals surface area contributed by atoms with E-state index in [1.165, 1.54) is 7.05 Å². The second-order valence-corrected chi connectivity index (χ2v) is 5.87.